The summed E-state index contributed by atoms with van der Waals surface area (Å²) < 4.78 is 43.7. The average molecular weight is 276 g/mol. The average Bonchev–Trinajstić information content (AvgIpc) is 2.36. The maximum Gasteiger partial charge on any atom is 0.254 e. The summed E-state index contributed by atoms with van der Waals surface area (Å²) in [5.74, 6) is -5.32. The molecule has 0 aliphatic carbocycles. The lowest BCUT2D eigenvalue weighted by Crippen LogP contribution is -2.33. The van der Waals surface area contributed by atoms with Crippen LogP contribution in [0.25, 0.3) is 0 Å². The lowest BCUT2D eigenvalue weighted by molar-refractivity contribution is 0.0945. The molecule has 0 bridgehead atoms. The summed E-state index contributed by atoms with van der Waals surface area (Å²) in [5, 5.41) is 2.37. The summed E-state index contributed by atoms with van der Waals surface area (Å²) in [6, 6.07) is 1.32. The van der Waals surface area contributed by atoms with E-state index in [9.17, 15) is 18.0 Å². The van der Waals surface area contributed by atoms with E-state index < -0.39 is 28.9 Å². The lowest BCUT2D eigenvalue weighted by atomic mass is 10.1. The first-order valence-electron chi connectivity index (χ1n) is 5.63. The topological polar surface area (TPSA) is 64.3 Å². The highest BCUT2D eigenvalue weighted by molar-refractivity contribution is 5.94. The molecule has 0 aliphatic heterocycles. The molecule has 0 heterocycles. The molecule has 0 saturated heterocycles. The number of rotatable bonds is 6. The van der Waals surface area contributed by atoms with Crippen LogP contribution in [-0.4, -0.2) is 32.2 Å². The van der Waals surface area contributed by atoms with Gasteiger partial charge in [-0.3, -0.25) is 4.79 Å². The van der Waals surface area contributed by atoms with Crippen molar-refractivity contribution in [3.8, 4) is 0 Å². The number of nitrogens with two attached hydrogens (primary N) is 1. The van der Waals surface area contributed by atoms with Crippen LogP contribution in [0.15, 0.2) is 12.1 Å². The zero-order chi connectivity index (χ0) is 14.4. The van der Waals surface area contributed by atoms with Crippen molar-refractivity contribution in [2.75, 3.05) is 20.3 Å². The highest BCUT2D eigenvalue weighted by atomic mass is 19.2. The molecule has 19 heavy (non-hydrogen) atoms. The highest BCUT2D eigenvalue weighted by Crippen LogP contribution is 2.14. The molecule has 0 aromatic heterocycles. The molecule has 1 aromatic carbocycles. The summed E-state index contributed by atoms with van der Waals surface area (Å²) in [4.78, 5) is 11.6. The van der Waals surface area contributed by atoms with Gasteiger partial charge < -0.3 is 15.8 Å². The predicted octanol–water partition coefficient (Wildman–Crippen LogP) is 1.20. The predicted molar refractivity (Wildman–Crippen MR) is 63.1 cm³/mol. The number of carbonyl (C=O) groups excluding carboxylic acids is 1. The Bertz CT molecular complexity index is 455. The number of hydrogen-bond donors (Lipinski definition) is 2. The van der Waals surface area contributed by atoms with Crippen molar-refractivity contribution in [3.05, 3.63) is 35.1 Å². The third kappa shape index (κ3) is 4.22. The van der Waals surface area contributed by atoms with Gasteiger partial charge in [0, 0.05) is 19.7 Å². The van der Waals surface area contributed by atoms with Gasteiger partial charge in [-0.05, 0) is 18.6 Å². The van der Waals surface area contributed by atoms with Gasteiger partial charge in [-0.2, -0.15) is 0 Å². The first-order chi connectivity index (χ1) is 8.97. The summed E-state index contributed by atoms with van der Waals surface area (Å²) in [6.07, 6.45) is 0.422. The Kier molecular flexibility index (Phi) is 5.78. The molecule has 0 saturated carbocycles. The Morgan fingerprint density at radius 2 is 2.05 bits per heavy atom. The van der Waals surface area contributed by atoms with Crippen LogP contribution in [0.3, 0.4) is 0 Å². The normalized spacial score (nSPS) is 12.3. The van der Waals surface area contributed by atoms with Crippen LogP contribution in [-0.2, 0) is 4.74 Å². The summed E-state index contributed by atoms with van der Waals surface area (Å²) in [5.41, 5.74) is 5.08. The number of halogens is 3. The molecule has 1 amide bonds. The summed E-state index contributed by atoms with van der Waals surface area (Å²) in [7, 11) is 1.50. The number of carbonyl (C=O) groups is 1. The van der Waals surface area contributed by atoms with E-state index in [1.807, 2.05) is 0 Å². The Morgan fingerprint density at radius 1 is 1.37 bits per heavy atom. The molecule has 1 atom stereocenters. The first-order valence-corrected chi connectivity index (χ1v) is 5.63. The van der Waals surface area contributed by atoms with Crippen LogP contribution in [0.4, 0.5) is 13.2 Å². The first kappa shape index (κ1) is 15.5. The monoisotopic (exact) mass is 276 g/mol. The zero-order valence-corrected chi connectivity index (χ0v) is 10.4. The van der Waals surface area contributed by atoms with Crippen LogP contribution in [0.5, 0.6) is 0 Å². The second-order valence-electron chi connectivity index (χ2n) is 3.98. The molecule has 7 heteroatoms. The fourth-order valence-electron chi connectivity index (χ4n) is 1.46. The van der Waals surface area contributed by atoms with Gasteiger partial charge >= 0.3 is 0 Å². The second-order valence-corrected chi connectivity index (χ2v) is 3.98. The largest absolute Gasteiger partial charge is 0.383 e. The molecule has 1 rings (SSSR count). The SMILES string of the molecule is COCC(N)CCNC(=O)c1ccc(F)c(F)c1F. The van der Waals surface area contributed by atoms with Gasteiger partial charge in [-0.15, -0.1) is 0 Å². The maximum atomic E-state index is 13.3. The van der Waals surface area contributed by atoms with E-state index >= 15 is 0 Å². The molecule has 4 nitrogen and oxygen atoms in total. The fourth-order valence-corrected chi connectivity index (χ4v) is 1.46. The third-order valence-electron chi connectivity index (χ3n) is 2.46. The molecule has 3 N–H and O–H groups in total. The molecule has 1 aromatic rings. The van der Waals surface area contributed by atoms with E-state index in [0.717, 1.165) is 6.07 Å². The number of ether oxygens (including phenoxy) is 1. The molecular weight excluding hydrogens is 261 g/mol. The molecular formula is C12H15F3N2O2. The smallest absolute Gasteiger partial charge is 0.254 e. The quantitative estimate of drug-likeness (QED) is 0.767. The van der Waals surface area contributed by atoms with Crippen molar-refractivity contribution in [2.45, 2.75) is 12.5 Å². The Labute approximate surface area is 108 Å². The third-order valence-corrected chi connectivity index (χ3v) is 2.46. The van der Waals surface area contributed by atoms with E-state index in [1.165, 1.54) is 7.11 Å². The van der Waals surface area contributed by atoms with E-state index in [0.29, 0.717) is 19.1 Å². The molecule has 0 spiro atoms. The number of nitrogens with one attached hydrogen (secondary N) is 1. The van der Waals surface area contributed by atoms with Crippen molar-refractivity contribution in [1.82, 2.24) is 5.32 Å². The van der Waals surface area contributed by atoms with Crippen LogP contribution < -0.4 is 11.1 Å². The molecule has 0 aliphatic rings. The zero-order valence-electron chi connectivity index (χ0n) is 10.4. The summed E-state index contributed by atoms with van der Waals surface area (Å²) in [6.45, 7) is 0.511. The number of amides is 1. The van der Waals surface area contributed by atoms with Crippen LogP contribution in [0.1, 0.15) is 16.8 Å². The number of benzene rings is 1. The van der Waals surface area contributed by atoms with Gasteiger partial charge in [0.05, 0.1) is 12.2 Å². The van der Waals surface area contributed by atoms with Crippen LogP contribution >= 0.6 is 0 Å². The molecule has 0 radical (unpaired) electrons. The van der Waals surface area contributed by atoms with Gasteiger partial charge in [0.1, 0.15) is 0 Å². The van der Waals surface area contributed by atoms with E-state index in [1.54, 1.807) is 0 Å². The Hall–Kier alpha value is -1.60. The van der Waals surface area contributed by atoms with Crippen LogP contribution in [0, 0.1) is 17.5 Å². The fraction of sp³-hybridized carbons (Fsp3) is 0.417. The van der Waals surface area contributed by atoms with Gasteiger partial charge in [0.15, 0.2) is 17.5 Å². The molecule has 106 valence electrons. The molecule has 0 fully saturated rings. The maximum absolute atomic E-state index is 13.3. The van der Waals surface area contributed by atoms with Gasteiger partial charge in [0.25, 0.3) is 5.91 Å². The van der Waals surface area contributed by atoms with E-state index in [4.69, 9.17) is 10.5 Å². The Balaban J connectivity index is 2.57. The molecule has 1 unspecified atom stereocenters. The minimum absolute atomic E-state index is 0.182. The highest BCUT2D eigenvalue weighted by Gasteiger charge is 2.18. The van der Waals surface area contributed by atoms with Crippen LogP contribution in [0.2, 0.25) is 0 Å². The van der Waals surface area contributed by atoms with Crippen molar-refractivity contribution in [3.63, 3.8) is 0 Å². The number of hydrogen-bond acceptors (Lipinski definition) is 3. The van der Waals surface area contributed by atoms with Gasteiger partial charge in [-0.1, -0.05) is 0 Å². The lowest BCUT2D eigenvalue weighted by Gasteiger charge is -2.11. The van der Waals surface area contributed by atoms with Crippen molar-refractivity contribution in [2.24, 2.45) is 5.73 Å². The Morgan fingerprint density at radius 3 is 2.68 bits per heavy atom. The van der Waals surface area contributed by atoms with Gasteiger partial charge in [0.2, 0.25) is 0 Å². The van der Waals surface area contributed by atoms with Crippen molar-refractivity contribution in [1.29, 1.82) is 0 Å². The number of methoxy groups -OCH3 is 1. The van der Waals surface area contributed by atoms with E-state index in [2.05, 4.69) is 5.32 Å². The van der Waals surface area contributed by atoms with Crippen molar-refractivity contribution >= 4 is 5.91 Å². The minimum atomic E-state index is -1.66. The van der Waals surface area contributed by atoms with Gasteiger partial charge in [-0.25, -0.2) is 13.2 Å². The van der Waals surface area contributed by atoms with Crippen molar-refractivity contribution < 1.29 is 22.7 Å². The summed E-state index contributed by atoms with van der Waals surface area (Å²) >= 11 is 0. The minimum Gasteiger partial charge on any atom is -0.383 e. The standard InChI is InChI=1S/C12H15F3N2O2/c1-19-6-7(16)4-5-17-12(18)8-2-3-9(13)11(15)10(8)14/h2-3,7H,4-6,16H2,1H3,(H,17,18). The van der Waals surface area contributed by atoms with E-state index in [-0.39, 0.29) is 12.6 Å². The second kappa shape index (κ2) is 7.10.